The van der Waals surface area contributed by atoms with Gasteiger partial charge in [0.1, 0.15) is 11.2 Å². The number of Topliss-reactive ketones (excluding diaryl/α,β-unsaturated/α-hetero) is 1. The lowest BCUT2D eigenvalue weighted by molar-refractivity contribution is -0.384. The van der Waals surface area contributed by atoms with E-state index in [-0.39, 0.29) is 11.5 Å². The van der Waals surface area contributed by atoms with E-state index in [4.69, 9.17) is 11.6 Å². The molecule has 0 heterocycles. The molecule has 1 atom stereocenters. The molecule has 0 aliphatic heterocycles. The Labute approximate surface area is 125 Å². The normalized spacial score (nSPS) is 12.0. The maximum atomic E-state index is 12.9. The molecule has 21 heavy (non-hydrogen) atoms. The summed E-state index contributed by atoms with van der Waals surface area (Å²) in [7, 11) is 0. The number of ketones is 1. The fraction of sp³-hybridized carbons (Fsp3) is 0.133. The van der Waals surface area contributed by atoms with E-state index in [1.807, 2.05) is 0 Å². The van der Waals surface area contributed by atoms with Gasteiger partial charge in [-0.15, -0.1) is 11.6 Å². The lowest BCUT2D eigenvalue weighted by Crippen LogP contribution is -2.09. The Morgan fingerprint density at radius 2 is 1.86 bits per heavy atom. The molecule has 2 rings (SSSR count). The molecule has 0 aromatic heterocycles. The number of carbonyl (C=O) groups is 1. The van der Waals surface area contributed by atoms with Crippen LogP contribution in [0.3, 0.4) is 0 Å². The van der Waals surface area contributed by atoms with E-state index in [9.17, 15) is 19.3 Å². The van der Waals surface area contributed by atoms with E-state index in [1.54, 1.807) is 6.92 Å². The average Bonchev–Trinajstić information content (AvgIpc) is 2.46. The summed E-state index contributed by atoms with van der Waals surface area (Å²) >= 11 is 6.11. The van der Waals surface area contributed by atoms with Gasteiger partial charge in [0.05, 0.1) is 4.92 Å². The van der Waals surface area contributed by atoms with Crippen LogP contribution in [0.5, 0.6) is 0 Å². The molecule has 0 saturated carbocycles. The molecule has 2 aromatic carbocycles. The van der Waals surface area contributed by atoms with Crippen molar-refractivity contribution in [3.8, 4) is 0 Å². The smallest absolute Gasteiger partial charge is 0.269 e. The van der Waals surface area contributed by atoms with Gasteiger partial charge >= 0.3 is 0 Å². The topological polar surface area (TPSA) is 60.2 Å². The first-order chi connectivity index (χ1) is 9.90. The lowest BCUT2D eigenvalue weighted by Gasteiger charge is -2.11. The highest BCUT2D eigenvalue weighted by atomic mass is 35.5. The summed E-state index contributed by atoms with van der Waals surface area (Å²) in [6, 6.07) is 9.28. The van der Waals surface area contributed by atoms with Gasteiger partial charge in [-0.3, -0.25) is 14.9 Å². The third-order valence-electron chi connectivity index (χ3n) is 3.08. The Balaban J connectivity index is 2.31. The van der Waals surface area contributed by atoms with E-state index in [2.05, 4.69) is 0 Å². The van der Waals surface area contributed by atoms with Crippen molar-refractivity contribution in [3.05, 3.63) is 75.1 Å². The molecule has 0 fully saturated rings. The number of halogens is 2. The Hall–Kier alpha value is -2.27. The monoisotopic (exact) mass is 307 g/mol. The van der Waals surface area contributed by atoms with Crippen molar-refractivity contribution < 1.29 is 14.1 Å². The number of aryl methyl sites for hydroxylation is 1. The number of nitro groups is 1. The summed E-state index contributed by atoms with van der Waals surface area (Å²) < 4.78 is 12.9. The van der Waals surface area contributed by atoms with Crippen molar-refractivity contribution in [3.63, 3.8) is 0 Å². The van der Waals surface area contributed by atoms with Crippen LogP contribution in [0.4, 0.5) is 10.1 Å². The zero-order valence-corrected chi connectivity index (χ0v) is 11.8. The maximum Gasteiger partial charge on any atom is 0.269 e. The molecule has 0 aliphatic carbocycles. The van der Waals surface area contributed by atoms with E-state index in [0.29, 0.717) is 16.7 Å². The minimum atomic E-state index is -0.967. The van der Waals surface area contributed by atoms with E-state index in [1.165, 1.54) is 42.5 Å². The number of hydrogen-bond donors (Lipinski definition) is 0. The van der Waals surface area contributed by atoms with Crippen LogP contribution in [0.25, 0.3) is 0 Å². The fourth-order valence-corrected chi connectivity index (χ4v) is 2.22. The largest absolute Gasteiger partial charge is 0.292 e. The number of nitrogens with zero attached hydrogens (tertiary/aromatic N) is 1. The Bertz CT molecular complexity index is 701. The zero-order chi connectivity index (χ0) is 15.6. The standard InChI is InChI=1S/C15H11ClFNO3/c1-9-8-12(18(20)21)6-7-13(9)15(19)14(16)10-2-4-11(17)5-3-10/h2-8,14H,1H3. The van der Waals surface area contributed by atoms with E-state index in [0.717, 1.165) is 0 Å². The number of benzene rings is 2. The third kappa shape index (κ3) is 3.25. The van der Waals surface area contributed by atoms with Crippen molar-refractivity contribution in [2.75, 3.05) is 0 Å². The first-order valence-corrected chi connectivity index (χ1v) is 6.52. The van der Waals surface area contributed by atoms with Crippen LogP contribution in [0.2, 0.25) is 0 Å². The summed E-state index contributed by atoms with van der Waals surface area (Å²) in [6.07, 6.45) is 0. The van der Waals surface area contributed by atoms with Gasteiger partial charge in [0.2, 0.25) is 0 Å². The second kappa shape index (κ2) is 6.01. The fourth-order valence-electron chi connectivity index (χ4n) is 1.96. The van der Waals surface area contributed by atoms with Crippen LogP contribution >= 0.6 is 11.6 Å². The molecule has 1 unspecified atom stereocenters. The molecule has 2 aromatic rings. The van der Waals surface area contributed by atoms with Crippen LogP contribution < -0.4 is 0 Å². The second-order valence-corrected chi connectivity index (χ2v) is 4.97. The highest BCUT2D eigenvalue weighted by Gasteiger charge is 2.22. The number of rotatable bonds is 4. The molecule has 108 valence electrons. The predicted molar refractivity (Wildman–Crippen MR) is 77.2 cm³/mol. The molecule has 6 heteroatoms. The van der Waals surface area contributed by atoms with Crippen LogP contribution in [0, 0.1) is 22.9 Å². The van der Waals surface area contributed by atoms with Crippen molar-refractivity contribution in [1.82, 2.24) is 0 Å². The van der Waals surface area contributed by atoms with Gasteiger partial charge in [-0.1, -0.05) is 12.1 Å². The third-order valence-corrected chi connectivity index (χ3v) is 3.53. The maximum absolute atomic E-state index is 12.9. The highest BCUT2D eigenvalue weighted by molar-refractivity contribution is 6.34. The minimum absolute atomic E-state index is 0.0862. The first kappa shape index (κ1) is 15.1. The van der Waals surface area contributed by atoms with Crippen molar-refractivity contribution in [2.24, 2.45) is 0 Å². The Morgan fingerprint density at radius 1 is 1.24 bits per heavy atom. The van der Waals surface area contributed by atoms with Crippen molar-refractivity contribution in [1.29, 1.82) is 0 Å². The second-order valence-electron chi connectivity index (χ2n) is 4.53. The minimum Gasteiger partial charge on any atom is -0.292 e. The molecular weight excluding hydrogens is 297 g/mol. The van der Waals surface area contributed by atoms with Crippen LogP contribution in [0.1, 0.15) is 26.9 Å². The first-order valence-electron chi connectivity index (χ1n) is 6.09. The summed E-state index contributed by atoms with van der Waals surface area (Å²) in [4.78, 5) is 22.5. The van der Waals surface area contributed by atoms with Gasteiger partial charge in [-0.05, 0) is 36.2 Å². The molecule has 0 N–H and O–H groups in total. The van der Waals surface area contributed by atoms with Gasteiger partial charge in [0.15, 0.2) is 5.78 Å². The SMILES string of the molecule is Cc1cc([N+](=O)[O-])ccc1C(=O)C(Cl)c1ccc(F)cc1. The van der Waals surface area contributed by atoms with Crippen molar-refractivity contribution in [2.45, 2.75) is 12.3 Å². The quantitative estimate of drug-likeness (QED) is 0.368. The van der Waals surface area contributed by atoms with E-state index < -0.39 is 16.1 Å². The Morgan fingerprint density at radius 3 is 2.38 bits per heavy atom. The molecule has 0 aliphatic rings. The van der Waals surface area contributed by atoms with Crippen LogP contribution in [0.15, 0.2) is 42.5 Å². The molecule has 0 spiro atoms. The summed E-state index contributed by atoms with van der Waals surface area (Å²) in [5, 5.41) is 9.71. The van der Waals surface area contributed by atoms with Gasteiger partial charge < -0.3 is 0 Å². The Kier molecular flexibility index (Phi) is 4.33. The molecule has 0 bridgehead atoms. The number of nitro benzene ring substituents is 1. The number of hydrogen-bond acceptors (Lipinski definition) is 3. The van der Waals surface area contributed by atoms with Crippen molar-refractivity contribution >= 4 is 23.1 Å². The molecule has 0 radical (unpaired) electrons. The highest BCUT2D eigenvalue weighted by Crippen LogP contribution is 2.28. The van der Waals surface area contributed by atoms with E-state index >= 15 is 0 Å². The number of non-ortho nitro benzene ring substituents is 1. The zero-order valence-electron chi connectivity index (χ0n) is 11.0. The predicted octanol–water partition coefficient (Wildman–Crippen LogP) is 4.21. The van der Waals surface area contributed by atoms with Gasteiger partial charge in [0, 0.05) is 17.7 Å². The summed E-state index contributed by atoms with van der Waals surface area (Å²) in [6.45, 7) is 1.61. The lowest BCUT2D eigenvalue weighted by atomic mass is 9.98. The molecule has 0 saturated heterocycles. The number of carbonyl (C=O) groups excluding carboxylic acids is 1. The molecule has 4 nitrogen and oxygen atoms in total. The van der Waals surface area contributed by atoms with Crippen LogP contribution in [-0.2, 0) is 0 Å². The summed E-state index contributed by atoms with van der Waals surface area (Å²) in [5.41, 5.74) is 1.17. The number of alkyl halides is 1. The molecular formula is C15H11ClFNO3. The van der Waals surface area contributed by atoms with Gasteiger partial charge in [-0.25, -0.2) is 4.39 Å². The average molecular weight is 308 g/mol. The van der Waals surface area contributed by atoms with Gasteiger partial charge in [-0.2, -0.15) is 0 Å². The summed E-state index contributed by atoms with van der Waals surface area (Å²) in [5.74, 6) is -0.794. The van der Waals surface area contributed by atoms with Crippen LogP contribution in [-0.4, -0.2) is 10.7 Å². The molecule has 0 amide bonds. The van der Waals surface area contributed by atoms with Gasteiger partial charge in [0.25, 0.3) is 5.69 Å².